The molecule has 0 bridgehead atoms. The number of urea groups is 1. The fraction of sp³-hybridized carbons (Fsp3) is 0.143. The maximum Gasteiger partial charge on any atom is 0.335 e. The number of carbonyl (C=O) groups is 4. The number of benzene rings is 3. The van der Waals surface area contributed by atoms with Crippen LogP contribution in [0.5, 0.6) is 11.5 Å². The molecule has 5 amide bonds. The molecule has 0 atom stereocenters. The Balaban J connectivity index is 1.54. The van der Waals surface area contributed by atoms with E-state index in [0.29, 0.717) is 32.0 Å². The molecule has 1 aliphatic heterocycles. The maximum absolute atomic E-state index is 13.1. The topological polar surface area (TPSA) is 114 Å². The van der Waals surface area contributed by atoms with Crippen LogP contribution in [0, 0.1) is 17.4 Å². The predicted molar refractivity (Wildman–Crippen MR) is 151 cm³/mol. The summed E-state index contributed by atoms with van der Waals surface area (Å²) in [6.45, 7) is 3.70. The Morgan fingerprint density at radius 1 is 1.03 bits per heavy atom. The van der Waals surface area contributed by atoms with Gasteiger partial charge in [-0.25, -0.2) is 9.69 Å². The molecule has 3 aromatic carbocycles. The lowest BCUT2D eigenvalue weighted by Gasteiger charge is -2.26. The van der Waals surface area contributed by atoms with Gasteiger partial charge in [0.25, 0.3) is 17.7 Å². The third-order valence-corrected chi connectivity index (χ3v) is 6.62. The molecule has 9 nitrogen and oxygen atoms in total. The summed E-state index contributed by atoms with van der Waals surface area (Å²) in [4.78, 5) is 51.4. The van der Waals surface area contributed by atoms with Crippen molar-refractivity contribution in [2.45, 2.75) is 13.8 Å². The third-order valence-electron chi connectivity index (χ3n) is 5.82. The van der Waals surface area contributed by atoms with Gasteiger partial charge in [-0.1, -0.05) is 24.3 Å². The molecule has 0 saturated carbocycles. The summed E-state index contributed by atoms with van der Waals surface area (Å²) in [5, 5.41) is 5.00. The number of amides is 5. The van der Waals surface area contributed by atoms with E-state index in [1.165, 1.54) is 13.2 Å². The van der Waals surface area contributed by atoms with Gasteiger partial charge in [-0.15, -0.1) is 0 Å². The molecule has 0 aromatic heterocycles. The quantitative estimate of drug-likeness (QED) is 0.226. The summed E-state index contributed by atoms with van der Waals surface area (Å²) >= 11 is 2.02. The van der Waals surface area contributed by atoms with Crippen LogP contribution in [0.4, 0.5) is 16.2 Å². The van der Waals surface area contributed by atoms with E-state index in [2.05, 4.69) is 10.6 Å². The number of nitrogens with zero attached hydrogens (tertiary/aromatic N) is 1. The normalized spacial score (nSPS) is 14.4. The number of aryl methyl sites for hydroxylation is 2. The molecule has 1 heterocycles. The molecule has 10 heteroatoms. The van der Waals surface area contributed by atoms with E-state index in [1.54, 1.807) is 42.5 Å². The van der Waals surface area contributed by atoms with Gasteiger partial charge < -0.3 is 14.8 Å². The zero-order chi connectivity index (χ0) is 27.4. The van der Waals surface area contributed by atoms with Gasteiger partial charge >= 0.3 is 6.03 Å². The molecular weight excluding hydrogens is 601 g/mol. The van der Waals surface area contributed by atoms with E-state index in [9.17, 15) is 19.2 Å². The van der Waals surface area contributed by atoms with E-state index >= 15 is 0 Å². The molecule has 1 saturated heterocycles. The highest BCUT2D eigenvalue weighted by molar-refractivity contribution is 14.1. The first-order valence-corrected chi connectivity index (χ1v) is 12.6. The van der Waals surface area contributed by atoms with Crippen LogP contribution in [0.25, 0.3) is 6.08 Å². The van der Waals surface area contributed by atoms with E-state index in [0.717, 1.165) is 16.0 Å². The van der Waals surface area contributed by atoms with Crippen LogP contribution < -0.4 is 25.0 Å². The molecule has 1 fully saturated rings. The number of para-hydroxylation sites is 1. The van der Waals surface area contributed by atoms with Gasteiger partial charge in [0, 0.05) is 5.69 Å². The van der Waals surface area contributed by atoms with E-state index in [-0.39, 0.29) is 18.1 Å². The summed E-state index contributed by atoms with van der Waals surface area (Å²) in [5.74, 6) is -1.24. The highest BCUT2D eigenvalue weighted by Crippen LogP contribution is 2.35. The second kappa shape index (κ2) is 11.5. The number of halogens is 1. The second-order valence-corrected chi connectivity index (χ2v) is 9.63. The van der Waals surface area contributed by atoms with Crippen LogP contribution in [-0.2, 0) is 14.4 Å². The minimum atomic E-state index is -0.821. The predicted octanol–water partition coefficient (Wildman–Crippen LogP) is 4.60. The molecule has 2 N–H and O–H groups in total. The van der Waals surface area contributed by atoms with Gasteiger partial charge in [0.1, 0.15) is 5.57 Å². The molecule has 1 aliphatic rings. The number of rotatable bonds is 7. The SMILES string of the molecule is COc1cc(/C=C2/C(=O)NC(=O)N(c3ccccc3)C2=O)cc(I)c1OCC(=O)Nc1ccc(C)c(C)c1. The minimum absolute atomic E-state index is 0.215. The van der Waals surface area contributed by atoms with Crippen molar-refractivity contribution in [3.05, 3.63) is 86.5 Å². The van der Waals surface area contributed by atoms with Gasteiger partial charge in [0.2, 0.25) is 0 Å². The molecular formula is C28H24IN3O6. The van der Waals surface area contributed by atoms with E-state index in [1.807, 2.05) is 54.6 Å². The van der Waals surface area contributed by atoms with Crippen LogP contribution in [0.3, 0.4) is 0 Å². The molecule has 0 spiro atoms. The van der Waals surface area contributed by atoms with Crippen molar-refractivity contribution in [3.8, 4) is 11.5 Å². The van der Waals surface area contributed by atoms with Crippen molar-refractivity contribution in [2.75, 3.05) is 23.9 Å². The molecule has 0 unspecified atom stereocenters. The zero-order valence-corrected chi connectivity index (χ0v) is 23.0. The summed E-state index contributed by atoms with van der Waals surface area (Å²) < 4.78 is 11.8. The van der Waals surface area contributed by atoms with Crippen molar-refractivity contribution in [3.63, 3.8) is 0 Å². The largest absolute Gasteiger partial charge is 0.493 e. The highest BCUT2D eigenvalue weighted by atomic mass is 127. The average Bonchev–Trinajstić information content (AvgIpc) is 2.88. The van der Waals surface area contributed by atoms with Crippen molar-refractivity contribution in [1.82, 2.24) is 5.32 Å². The van der Waals surface area contributed by atoms with Gasteiger partial charge in [-0.05, 0) is 95.6 Å². The molecule has 194 valence electrons. The standard InChI is InChI=1S/C28H24IN3O6/c1-16-9-10-19(11-17(16)2)30-24(33)15-38-25-22(29)13-18(14-23(25)37-3)12-21-26(34)31-28(36)32(27(21)35)20-7-5-4-6-8-20/h4-14H,15H2,1-3H3,(H,30,33)(H,31,34,36)/b21-12-. The average molecular weight is 625 g/mol. The first kappa shape index (κ1) is 26.9. The summed E-state index contributed by atoms with van der Waals surface area (Å²) in [5.41, 5.74) is 3.45. The zero-order valence-electron chi connectivity index (χ0n) is 20.8. The number of ether oxygens (including phenoxy) is 2. The Bertz CT molecular complexity index is 1470. The van der Waals surface area contributed by atoms with Crippen molar-refractivity contribution >= 4 is 63.8 Å². The summed E-state index contributed by atoms with van der Waals surface area (Å²) in [6.07, 6.45) is 1.38. The van der Waals surface area contributed by atoms with Crippen LogP contribution in [0.1, 0.15) is 16.7 Å². The lowest BCUT2D eigenvalue weighted by molar-refractivity contribution is -0.122. The van der Waals surface area contributed by atoms with Crippen LogP contribution in [0.2, 0.25) is 0 Å². The first-order valence-electron chi connectivity index (χ1n) is 11.5. The number of carbonyl (C=O) groups excluding carboxylic acids is 4. The number of hydrogen-bond acceptors (Lipinski definition) is 6. The lowest BCUT2D eigenvalue weighted by atomic mass is 10.1. The van der Waals surface area contributed by atoms with Crippen molar-refractivity contribution in [2.24, 2.45) is 0 Å². The third kappa shape index (κ3) is 5.86. The Labute approximate surface area is 232 Å². The fourth-order valence-corrected chi connectivity index (χ4v) is 4.53. The Kier molecular flexibility index (Phi) is 8.10. The molecule has 0 aliphatic carbocycles. The van der Waals surface area contributed by atoms with Crippen molar-refractivity contribution < 1.29 is 28.7 Å². The first-order chi connectivity index (χ1) is 18.2. The van der Waals surface area contributed by atoms with Crippen LogP contribution >= 0.6 is 22.6 Å². The molecule has 0 radical (unpaired) electrons. The summed E-state index contributed by atoms with van der Waals surface area (Å²) in [7, 11) is 1.44. The number of barbiturate groups is 1. The van der Waals surface area contributed by atoms with Crippen LogP contribution in [-0.4, -0.2) is 37.5 Å². The number of nitrogens with one attached hydrogen (secondary N) is 2. The van der Waals surface area contributed by atoms with Crippen LogP contribution in [0.15, 0.2) is 66.2 Å². The van der Waals surface area contributed by atoms with Gasteiger partial charge in [0.05, 0.1) is 16.4 Å². The minimum Gasteiger partial charge on any atom is -0.493 e. The Morgan fingerprint density at radius 2 is 1.76 bits per heavy atom. The fourth-order valence-electron chi connectivity index (χ4n) is 3.75. The number of anilines is 2. The number of hydrogen-bond donors (Lipinski definition) is 2. The van der Waals surface area contributed by atoms with Gasteiger partial charge in [0.15, 0.2) is 18.1 Å². The number of imide groups is 2. The monoisotopic (exact) mass is 625 g/mol. The maximum atomic E-state index is 13.1. The summed E-state index contributed by atoms with van der Waals surface area (Å²) in [6, 6.07) is 16.4. The highest BCUT2D eigenvalue weighted by Gasteiger charge is 2.36. The smallest absolute Gasteiger partial charge is 0.335 e. The Morgan fingerprint density at radius 3 is 2.45 bits per heavy atom. The molecule has 4 rings (SSSR count). The van der Waals surface area contributed by atoms with E-state index in [4.69, 9.17) is 9.47 Å². The van der Waals surface area contributed by atoms with E-state index < -0.39 is 17.8 Å². The van der Waals surface area contributed by atoms with Gasteiger partial charge in [-0.2, -0.15) is 0 Å². The van der Waals surface area contributed by atoms with Crippen molar-refractivity contribution in [1.29, 1.82) is 0 Å². The molecule has 3 aromatic rings. The second-order valence-electron chi connectivity index (χ2n) is 8.46. The molecule has 38 heavy (non-hydrogen) atoms. The lowest BCUT2D eigenvalue weighted by Crippen LogP contribution is -2.54. The Hall–Kier alpha value is -4.19. The number of methoxy groups -OCH3 is 1. The van der Waals surface area contributed by atoms with Gasteiger partial charge in [-0.3, -0.25) is 19.7 Å².